The lowest BCUT2D eigenvalue weighted by atomic mass is 10.3. The Morgan fingerprint density at radius 2 is 2.26 bits per heavy atom. The Morgan fingerprint density at radius 3 is 2.91 bits per heavy atom. The van der Waals surface area contributed by atoms with Crippen molar-refractivity contribution in [2.75, 3.05) is 25.3 Å². The van der Waals surface area contributed by atoms with E-state index in [2.05, 4.69) is 15.0 Å². The number of aromatic amines is 1. The number of nitrogens with zero attached hydrogens (tertiary/aromatic N) is 3. The minimum absolute atomic E-state index is 0.0539. The summed E-state index contributed by atoms with van der Waals surface area (Å²) in [6.07, 6.45) is 0.00178. The molecule has 2 rings (SSSR count). The van der Waals surface area contributed by atoms with Crippen LogP contribution in [0.4, 0.5) is 5.95 Å². The van der Waals surface area contributed by atoms with Crippen LogP contribution in [0, 0.1) is 0 Å². The average molecular weight is 347 g/mol. The Kier molecular flexibility index (Phi) is 5.50. The highest BCUT2D eigenvalue weighted by Crippen LogP contribution is 2.34. The van der Waals surface area contributed by atoms with E-state index in [0.717, 1.165) is 0 Å². The number of ether oxygens (including phenoxy) is 2. The first kappa shape index (κ1) is 17.6. The Morgan fingerprint density at radius 1 is 1.52 bits per heavy atom. The van der Waals surface area contributed by atoms with Crippen LogP contribution in [-0.2, 0) is 20.6 Å². The third kappa shape index (κ3) is 4.85. The monoisotopic (exact) mass is 347 g/mol. The molecule has 2 heterocycles. The van der Waals surface area contributed by atoms with Crippen LogP contribution in [0.1, 0.15) is 6.92 Å². The minimum atomic E-state index is -4.30. The van der Waals surface area contributed by atoms with Gasteiger partial charge in [0, 0.05) is 6.61 Å². The zero-order valence-corrected chi connectivity index (χ0v) is 13.3. The Bertz CT molecular complexity index is 768. The molecule has 0 saturated heterocycles. The van der Waals surface area contributed by atoms with E-state index in [0.29, 0.717) is 6.61 Å². The van der Waals surface area contributed by atoms with Gasteiger partial charge < -0.3 is 29.6 Å². The molecule has 0 saturated carbocycles. The first-order valence-electron chi connectivity index (χ1n) is 6.74. The molecule has 0 amide bonds. The van der Waals surface area contributed by atoms with Crippen LogP contribution in [0.3, 0.4) is 0 Å². The number of rotatable bonds is 8. The van der Waals surface area contributed by atoms with Gasteiger partial charge in [0.25, 0.3) is 5.56 Å². The fourth-order valence-electron chi connectivity index (χ4n) is 1.93. The fourth-order valence-corrected chi connectivity index (χ4v) is 2.33. The summed E-state index contributed by atoms with van der Waals surface area (Å²) in [5.41, 5.74) is 5.42. The van der Waals surface area contributed by atoms with Crippen molar-refractivity contribution in [3.8, 4) is 0 Å². The van der Waals surface area contributed by atoms with Crippen LogP contribution in [0.15, 0.2) is 11.1 Å². The molecule has 0 fully saturated rings. The Balaban J connectivity index is 2.21. The van der Waals surface area contributed by atoms with Crippen molar-refractivity contribution in [1.82, 2.24) is 19.5 Å². The standard InChI is InChI=1S/C11H18N5O6P/c1-2-21-4-7(22-6-23(18,19)20)3-16-5-13-8-9(16)14-11(12)15-10(8)17/h5,7H,2-4,6H2,1H3,(H2,18,19,20)(H3,12,14,15,17). The van der Waals surface area contributed by atoms with E-state index < -0.39 is 25.6 Å². The smallest absolute Gasteiger partial charge is 0.350 e. The Labute approximate surface area is 130 Å². The summed E-state index contributed by atoms with van der Waals surface area (Å²) in [7, 11) is -4.30. The van der Waals surface area contributed by atoms with Crippen molar-refractivity contribution in [2.24, 2.45) is 0 Å². The summed E-state index contributed by atoms with van der Waals surface area (Å²) in [4.78, 5) is 39.8. The molecule has 1 unspecified atom stereocenters. The van der Waals surface area contributed by atoms with Gasteiger partial charge in [-0.15, -0.1) is 0 Å². The van der Waals surface area contributed by atoms with E-state index in [1.807, 2.05) is 0 Å². The van der Waals surface area contributed by atoms with E-state index in [1.54, 1.807) is 6.92 Å². The second-order valence-corrected chi connectivity index (χ2v) is 6.35. The molecule has 2 aromatic heterocycles. The van der Waals surface area contributed by atoms with E-state index in [9.17, 15) is 9.36 Å². The predicted octanol–water partition coefficient (Wildman–Crippen LogP) is -0.741. The topological polar surface area (TPSA) is 166 Å². The summed E-state index contributed by atoms with van der Waals surface area (Å²) in [5.74, 6) is -0.0539. The maximum absolute atomic E-state index is 11.7. The SMILES string of the molecule is CCOCC(Cn1cnc2c(=O)[nH]c(N)nc21)OCP(=O)(O)O. The van der Waals surface area contributed by atoms with E-state index in [-0.39, 0.29) is 30.3 Å². The highest BCUT2D eigenvalue weighted by Gasteiger charge is 2.20. The molecule has 0 spiro atoms. The first-order valence-corrected chi connectivity index (χ1v) is 8.54. The second-order valence-electron chi connectivity index (χ2n) is 4.76. The lowest BCUT2D eigenvalue weighted by Crippen LogP contribution is -2.26. The van der Waals surface area contributed by atoms with E-state index in [4.69, 9.17) is 25.0 Å². The third-order valence-corrected chi connectivity index (χ3v) is 3.37. The number of fused-ring (bicyclic) bond motifs is 1. The van der Waals surface area contributed by atoms with Crippen molar-refractivity contribution in [3.63, 3.8) is 0 Å². The van der Waals surface area contributed by atoms with Crippen molar-refractivity contribution in [1.29, 1.82) is 0 Å². The van der Waals surface area contributed by atoms with Gasteiger partial charge in [0.05, 0.1) is 25.6 Å². The van der Waals surface area contributed by atoms with Gasteiger partial charge in [-0.2, -0.15) is 4.98 Å². The van der Waals surface area contributed by atoms with Crippen LogP contribution in [0.2, 0.25) is 0 Å². The number of hydrogen-bond acceptors (Lipinski definition) is 7. The normalized spacial score (nSPS) is 13.5. The molecule has 0 bridgehead atoms. The maximum Gasteiger partial charge on any atom is 0.350 e. The van der Waals surface area contributed by atoms with Crippen LogP contribution < -0.4 is 11.3 Å². The molecule has 12 heteroatoms. The number of imidazole rings is 1. The van der Waals surface area contributed by atoms with Crippen LogP contribution in [-0.4, -0.2) is 55.0 Å². The lowest BCUT2D eigenvalue weighted by Gasteiger charge is -2.18. The summed E-state index contributed by atoms with van der Waals surface area (Å²) in [5, 5.41) is 0. The molecule has 23 heavy (non-hydrogen) atoms. The molecular formula is C11H18N5O6P. The highest BCUT2D eigenvalue weighted by molar-refractivity contribution is 7.51. The number of nitrogen functional groups attached to an aromatic ring is 1. The molecule has 2 aromatic rings. The molecule has 11 nitrogen and oxygen atoms in total. The van der Waals surface area contributed by atoms with Crippen LogP contribution in [0.25, 0.3) is 11.2 Å². The molecule has 5 N–H and O–H groups in total. The molecule has 0 aliphatic heterocycles. The van der Waals surface area contributed by atoms with Crippen molar-refractivity contribution < 1.29 is 23.8 Å². The number of H-pyrrole nitrogens is 1. The zero-order valence-electron chi connectivity index (χ0n) is 12.4. The van der Waals surface area contributed by atoms with Gasteiger partial charge in [-0.3, -0.25) is 14.3 Å². The summed E-state index contributed by atoms with van der Waals surface area (Å²) < 4.78 is 22.9. The first-order chi connectivity index (χ1) is 10.8. The minimum Gasteiger partial charge on any atom is -0.379 e. The summed E-state index contributed by atoms with van der Waals surface area (Å²) in [6, 6.07) is 0. The Hall–Kier alpha value is -1.78. The summed E-state index contributed by atoms with van der Waals surface area (Å²) >= 11 is 0. The van der Waals surface area contributed by atoms with Gasteiger partial charge in [0.15, 0.2) is 11.2 Å². The predicted molar refractivity (Wildman–Crippen MR) is 80.8 cm³/mol. The number of anilines is 1. The lowest BCUT2D eigenvalue weighted by molar-refractivity contribution is -0.00828. The number of nitrogens with two attached hydrogens (primary N) is 1. The zero-order chi connectivity index (χ0) is 17.0. The van der Waals surface area contributed by atoms with Gasteiger partial charge in [-0.25, -0.2) is 4.98 Å². The van der Waals surface area contributed by atoms with Crippen molar-refractivity contribution >= 4 is 24.7 Å². The fraction of sp³-hybridized carbons (Fsp3) is 0.545. The van der Waals surface area contributed by atoms with E-state index in [1.165, 1.54) is 10.9 Å². The molecule has 1 atom stereocenters. The largest absolute Gasteiger partial charge is 0.379 e. The van der Waals surface area contributed by atoms with Crippen molar-refractivity contribution in [2.45, 2.75) is 19.6 Å². The molecule has 128 valence electrons. The maximum atomic E-state index is 11.7. The average Bonchev–Trinajstić information content (AvgIpc) is 2.84. The number of hydrogen-bond donors (Lipinski definition) is 4. The molecule has 0 radical (unpaired) electrons. The quantitative estimate of drug-likeness (QED) is 0.450. The van der Waals surface area contributed by atoms with Crippen LogP contribution >= 0.6 is 7.60 Å². The van der Waals surface area contributed by atoms with Crippen molar-refractivity contribution in [3.05, 3.63) is 16.7 Å². The second kappa shape index (κ2) is 7.20. The van der Waals surface area contributed by atoms with Crippen LogP contribution in [0.5, 0.6) is 0 Å². The molecule has 0 aliphatic carbocycles. The van der Waals surface area contributed by atoms with Gasteiger partial charge in [0.1, 0.15) is 6.35 Å². The molecule has 0 aromatic carbocycles. The molecule has 0 aliphatic rings. The van der Waals surface area contributed by atoms with Gasteiger partial charge in [0.2, 0.25) is 5.95 Å². The highest BCUT2D eigenvalue weighted by atomic mass is 31.2. The van der Waals surface area contributed by atoms with Gasteiger partial charge in [-0.1, -0.05) is 0 Å². The number of aromatic nitrogens is 4. The third-order valence-electron chi connectivity index (χ3n) is 2.88. The van der Waals surface area contributed by atoms with E-state index >= 15 is 0 Å². The summed E-state index contributed by atoms with van der Waals surface area (Å²) in [6.45, 7) is 2.47. The van der Waals surface area contributed by atoms with Gasteiger partial charge in [-0.05, 0) is 6.92 Å². The number of nitrogens with one attached hydrogen (secondary N) is 1. The van der Waals surface area contributed by atoms with Gasteiger partial charge >= 0.3 is 7.60 Å². The molecular weight excluding hydrogens is 329 g/mol.